The number of carbonyl (C=O) groups excluding carboxylic acids is 2. The Labute approximate surface area is 244 Å². The summed E-state index contributed by atoms with van der Waals surface area (Å²) in [5.74, 6) is 0.171. The number of hydrogen-bond donors (Lipinski definition) is 1. The number of primary amides is 1. The maximum Gasteiger partial charge on any atom is 0.409 e. The van der Waals surface area contributed by atoms with Gasteiger partial charge >= 0.3 is 6.09 Å². The molecule has 10 heteroatoms. The lowest BCUT2D eigenvalue weighted by molar-refractivity contribution is 0.0976. The van der Waals surface area contributed by atoms with Gasteiger partial charge in [0.15, 0.2) is 11.6 Å². The lowest BCUT2D eigenvalue weighted by Gasteiger charge is -2.13. The van der Waals surface area contributed by atoms with Gasteiger partial charge in [-0.05, 0) is 55.7 Å². The van der Waals surface area contributed by atoms with Crippen LogP contribution in [0.15, 0.2) is 55.0 Å². The summed E-state index contributed by atoms with van der Waals surface area (Å²) in [5, 5.41) is 0.837. The van der Waals surface area contributed by atoms with E-state index in [1.807, 2.05) is 19.1 Å². The zero-order valence-corrected chi connectivity index (χ0v) is 23.9. The summed E-state index contributed by atoms with van der Waals surface area (Å²) < 4.78 is 30.4. The fraction of sp³-hybridized carbons (Fsp3) is 0.344. The third-order valence-electron chi connectivity index (χ3n) is 6.94. The number of aryl methyl sites for hydroxylation is 1. The molecule has 0 atom stereocenters. The number of methoxy groups -OCH3 is 1. The van der Waals surface area contributed by atoms with Crippen molar-refractivity contribution in [2.24, 2.45) is 5.73 Å². The van der Waals surface area contributed by atoms with E-state index >= 15 is 0 Å². The Balaban J connectivity index is 1.22. The highest BCUT2D eigenvalue weighted by molar-refractivity contribution is 5.99. The summed E-state index contributed by atoms with van der Waals surface area (Å²) in [7, 11) is 1.38. The van der Waals surface area contributed by atoms with Gasteiger partial charge in [-0.15, -0.1) is 0 Å². The fourth-order valence-electron chi connectivity index (χ4n) is 4.75. The Hall–Kier alpha value is -4.60. The second-order valence-electron chi connectivity index (χ2n) is 9.96. The van der Waals surface area contributed by atoms with E-state index in [-0.39, 0.29) is 17.4 Å². The Bertz CT molecular complexity index is 1550. The van der Waals surface area contributed by atoms with E-state index in [1.54, 1.807) is 30.5 Å². The molecule has 0 aliphatic carbocycles. The number of carbonyl (C=O) groups is 2. The number of ketones is 1. The SMILES string of the molecule is COc1ncc(-c2cc(OCCCCCCCCCC(=O)c3ccccc3OC(N)=O)c3ncnc(C)c3c2)cc1F. The molecule has 220 valence electrons. The van der Waals surface area contributed by atoms with E-state index in [0.717, 1.165) is 61.6 Å². The Morgan fingerprint density at radius 1 is 0.881 bits per heavy atom. The third kappa shape index (κ3) is 7.99. The summed E-state index contributed by atoms with van der Waals surface area (Å²) in [6.07, 6.45) is 9.30. The van der Waals surface area contributed by atoms with Gasteiger partial charge < -0.3 is 19.9 Å². The van der Waals surface area contributed by atoms with Gasteiger partial charge in [0.25, 0.3) is 0 Å². The molecule has 2 aromatic heterocycles. The van der Waals surface area contributed by atoms with Crippen LogP contribution in [-0.4, -0.2) is 40.5 Å². The molecule has 0 saturated carbocycles. The molecule has 4 aromatic rings. The number of amides is 1. The predicted molar refractivity (Wildman–Crippen MR) is 157 cm³/mol. The van der Waals surface area contributed by atoms with Gasteiger partial charge in [-0.25, -0.2) is 24.1 Å². The number of hydrogen-bond acceptors (Lipinski definition) is 8. The van der Waals surface area contributed by atoms with Crippen LogP contribution < -0.4 is 19.9 Å². The predicted octanol–water partition coefficient (Wildman–Crippen LogP) is 6.99. The molecule has 0 unspecified atom stereocenters. The number of ether oxygens (including phenoxy) is 3. The number of benzene rings is 2. The maximum absolute atomic E-state index is 14.3. The molecule has 0 aliphatic rings. The van der Waals surface area contributed by atoms with Crippen LogP contribution in [0, 0.1) is 12.7 Å². The minimum Gasteiger partial charge on any atom is -0.491 e. The molecular weight excluding hydrogens is 539 g/mol. The number of para-hydroxylation sites is 1. The first kappa shape index (κ1) is 30.4. The number of halogens is 1. The minimum atomic E-state index is -0.936. The number of nitrogens with two attached hydrogens (primary N) is 1. The minimum absolute atomic E-state index is 0.0537. The van der Waals surface area contributed by atoms with Crippen LogP contribution in [0.4, 0.5) is 9.18 Å². The van der Waals surface area contributed by atoms with E-state index in [4.69, 9.17) is 19.9 Å². The molecule has 0 fully saturated rings. The van der Waals surface area contributed by atoms with Crippen molar-refractivity contribution >= 4 is 22.8 Å². The average molecular weight is 575 g/mol. The summed E-state index contributed by atoms with van der Waals surface area (Å²) >= 11 is 0. The highest BCUT2D eigenvalue weighted by Gasteiger charge is 2.15. The first-order valence-electron chi connectivity index (χ1n) is 14.0. The molecule has 0 radical (unpaired) electrons. The Morgan fingerprint density at radius 3 is 2.36 bits per heavy atom. The standard InChI is InChI=1S/C32H35FN4O5/c1-21-25-16-22(23-17-26(33)31(40-2)35-19-23)18-29(30(25)37-20-36-21)41-15-11-7-5-3-4-6-8-13-27(38)24-12-9-10-14-28(24)42-32(34)39/h9-10,12,14,16-20H,3-8,11,13,15H2,1-2H3,(H2,34,39). The molecule has 1 amide bonds. The quantitative estimate of drug-likeness (QED) is 0.119. The molecule has 2 aromatic carbocycles. The Kier molecular flexibility index (Phi) is 10.7. The second-order valence-corrected chi connectivity index (χ2v) is 9.96. The molecule has 0 bridgehead atoms. The van der Waals surface area contributed by atoms with Crippen molar-refractivity contribution in [1.82, 2.24) is 15.0 Å². The molecule has 42 heavy (non-hydrogen) atoms. The fourth-order valence-corrected chi connectivity index (χ4v) is 4.75. The normalized spacial score (nSPS) is 10.9. The second kappa shape index (κ2) is 14.9. The number of Topliss-reactive ketones (excluding diaryl/α,β-unsaturated/α-hetero) is 1. The molecule has 0 saturated heterocycles. The maximum atomic E-state index is 14.3. The first-order chi connectivity index (χ1) is 20.4. The number of rotatable bonds is 15. The highest BCUT2D eigenvalue weighted by Crippen LogP contribution is 2.33. The van der Waals surface area contributed by atoms with Gasteiger partial charge in [0, 0.05) is 29.3 Å². The Morgan fingerprint density at radius 2 is 1.62 bits per heavy atom. The van der Waals surface area contributed by atoms with Gasteiger partial charge in [-0.1, -0.05) is 44.2 Å². The van der Waals surface area contributed by atoms with Crippen molar-refractivity contribution in [1.29, 1.82) is 0 Å². The largest absolute Gasteiger partial charge is 0.491 e. The summed E-state index contributed by atoms with van der Waals surface area (Å²) in [5.41, 5.74) is 8.35. The van der Waals surface area contributed by atoms with Crippen molar-refractivity contribution in [3.8, 4) is 28.5 Å². The van der Waals surface area contributed by atoms with Gasteiger partial charge in [0.1, 0.15) is 23.3 Å². The van der Waals surface area contributed by atoms with Crippen molar-refractivity contribution < 1.29 is 28.2 Å². The molecule has 9 nitrogen and oxygen atoms in total. The van der Waals surface area contributed by atoms with Crippen molar-refractivity contribution in [2.75, 3.05) is 13.7 Å². The van der Waals surface area contributed by atoms with Gasteiger partial charge in [0.2, 0.25) is 5.88 Å². The zero-order chi connectivity index (χ0) is 29.9. The summed E-state index contributed by atoms with van der Waals surface area (Å²) in [6.45, 7) is 2.43. The van der Waals surface area contributed by atoms with E-state index in [9.17, 15) is 14.0 Å². The number of pyridine rings is 1. The smallest absolute Gasteiger partial charge is 0.409 e. The van der Waals surface area contributed by atoms with E-state index in [1.165, 1.54) is 19.5 Å². The molecule has 4 rings (SSSR count). The molecular formula is C32H35FN4O5. The van der Waals surface area contributed by atoms with Gasteiger partial charge in [-0.3, -0.25) is 4.79 Å². The number of aromatic nitrogens is 3. The van der Waals surface area contributed by atoms with Crippen molar-refractivity contribution in [3.63, 3.8) is 0 Å². The highest BCUT2D eigenvalue weighted by atomic mass is 19.1. The van der Waals surface area contributed by atoms with E-state index in [0.29, 0.717) is 35.4 Å². The number of fused-ring (bicyclic) bond motifs is 1. The van der Waals surface area contributed by atoms with Crippen molar-refractivity contribution in [3.05, 3.63) is 72.1 Å². The van der Waals surface area contributed by atoms with Crippen LogP contribution in [0.5, 0.6) is 17.4 Å². The van der Waals surface area contributed by atoms with Crippen LogP contribution in [0.3, 0.4) is 0 Å². The average Bonchev–Trinajstić information content (AvgIpc) is 2.98. The third-order valence-corrected chi connectivity index (χ3v) is 6.94. The van der Waals surface area contributed by atoms with Crippen LogP contribution >= 0.6 is 0 Å². The first-order valence-corrected chi connectivity index (χ1v) is 14.0. The van der Waals surface area contributed by atoms with Crippen LogP contribution in [0.25, 0.3) is 22.0 Å². The van der Waals surface area contributed by atoms with Crippen LogP contribution in [0.2, 0.25) is 0 Å². The topological polar surface area (TPSA) is 127 Å². The summed E-state index contributed by atoms with van der Waals surface area (Å²) in [6, 6.07) is 11.8. The van der Waals surface area contributed by atoms with Crippen LogP contribution in [0.1, 0.15) is 67.4 Å². The molecule has 2 N–H and O–H groups in total. The van der Waals surface area contributed by atoms with E-state index in [2.05, 4.69) is 15.0 Å². The van der Waals surface area contributed by atoms with Crippen molar-refractivity contribution in [2.45, 2.75) is 58.3 Å². The van der Waals surface area contributed by atoms with Gasteiger partial charge in [0.05, 0.1) is 19.3 Å². The molecule has 0 aliphatic heterocycles. The number of unbranched alkanes of at least 4 members (excludes halogenated alkanes) is 6. The summed E-state index contributed by atoms with van der Waals surface area (Å²) in [4.78, 5) is 36.4. The molecule has 2 heterocycles. The van der Waals surface area contributed by atoms with Gasteiger partial charge in [-0.2, -0.15) is 0 Å². The monoisotopic (exact) mass is 574 g/mol. The zero-order valence-electron chi connectivity index (χ0n) is 23.9. The lowest BCUT2D eigenvalue weighted by Crippen LogP contribution is -2.18. The number of nitrogens with zero attached hydrogens (tertiary/aromatic N) is 3. The molecule has 0 spiro atoms. The lowest BCUT2D eigenvalue weighted by atomic mass is 10.0. The van der Waals surface area contributed by atoms with Crippen LogP contribution in [-0.2, 0) is 0 Å². The van der Waals surface area contributed by atoms with E-state index < -0.39 is 11.9 Å².